The Morgan fingerprint density at radius 1 is 0.767 bits per heavy atom. The van der Waals surface area contributed by atoms with Crippen molar-refractivity contribution in [2.75, 3.05) is 42.4 Å². The molecule has 7 nitrogen and oxygen atoms in total. The maximum Gasteiger partial charge on any atom is 0.265 e. The largest absolute Gasteiger partial charge is 0.373 e. The van der Waals surface area contributed by atoms with Gasteiger partial charge in [0, 0.05) is 33.2 Å². The summed E-state index contributed by atoms with van der Waals surface area (Å²) in [5.74, 6) is -0.461. The zero-order chi connectivity index (χ0) is 21.5. The molecule has 162 valence electrons. The van der Waals surface area contributed by atoms with E-state index in [0.717, 1.165) is 12.8 Å². The number of hydrogen-bond acceptors (Lipinski definition) is 5. The van der Waals surface area contributed by atoms with Gasteiger partial charge >= 0.3 is 0 Å². The topological polar surface area (TPSA) is 78.0 Å². The highest BCUT2D eigenvalue weighted by atomic mass is 32.2. The summed E-state index contributed by atoms with van der Waals surface area (Å²) in [7, 11) is -6.36. The molecule has 0 bridgehead atoms. The lowest BCUT2D eigenvalue weighted by atomic mass is 10.2. The lowest BCUT2D eigenvalue weighted by Crippen LogP contribution is -2.34. The Bertz CT molecular complexity index is 1160. The van der Waals surface area contributed by atoms with Crippen LogP contribution >= 0.6 is 0 Å². The van der Waals surface area contributed by atoms with Crippen molar-refractivity contribution in [2.45, 2.75) is 29.1 Å². The van der Waals surface area contributed by atoms with E-state index in [2.05, 4.69) is 0 Å². The Kier molecular flexibility index (Phi) is 5.50. The Morgan fingerprint density at radius 3 is 2.07 bits per heavy atom. The second-order valence-corrected chi connectivity index (χ2v) is 11.3. The average Bonchev–Trinajstić information content (AvgIpc) is 3.22. The molecular formula is C20H24FN3O4S2. The van der Waals surface area contributed by atoms with E-state index in [9.17, 15) is 21.2 Å². The summed E-state index contributed by atoms with van der Waals surface area (Å²) in [6.45, 7) is 1.49. The maximum absolute atomic E-state index is 13.9. The second-order valence-electron chi connectivity index (χ2n) is 7.54. The second kappa shape index (κ2) is 7.82. The van der Waals surface area contributed by atoms with Gasteiger partial charge < -0.3 is 4.90 Å². The molecule has 4 rings (SSSR count). The molecule has 2 aromatic carbocycles. The van der Waals surface area contributed by atoms with Crippen LogP contribution in [0.15, 0.2) is 52.3 Å². The minimum absolute atomic E-state index is 0.170. The number of sulfonamides is 2. The van der Waals surface area contributed by atoms with Gasteiger partial charge in [-0.1, -0.05) is 12.1 Å². The maximum atomic E-state index is 13.9. The standard InChI is InChI=1S/C20H24FN3O4S2/c1-22-11-6-14-24(17-10-9-16(21)15-18(17)22)30(27,28)20-8-3-2-7-19(20)29(25,26)23-12-4-5-13-23/h2-3,7-10,15H,4-6,11-14H2,1H3. The van der Waals surface area contributed by atoms with Gasteiger partial charge in [-0.25, -0.2) is 21.2 Å². The fourth-order valence-electron chi connectivity index (χ4n) is 4.02. The summed E-state index contributed by atoms with van der Waals surface area (Å²) in [5.41, 5.74) is 0.792. The van der Waals surface area contributed by atoms with Gasteiger partial charge in [0.15, 0.2) is 0 Å². The molecule has 0 aliphatic carbocycles. The van der Waals surface area contributed by atoms with Crippen molar-refractivity contribution in [3.8, 4) is 0 Å². The first-order valence-corrected chi connectivity index (χ1v) is 12.7. The van der Waals surface area contributed by atoms with E-state index in [1.165, 1.54) is 51.1 Å². The molecule has 0 saturated carbocycles. The minimum Gasteiger partial charge on any atom is -0.373 e. The van der Waals surface area contributed by atoms with E-state index in [0.29, 0.717) is 37.4 Å². The van der Waals surface area contributed by atoms with Crippen molar-refractivity contribution in [2.24, 2.45) is 0 Å². The van der Waals surface area contributed by atoms with E-state index < -0.39 is 25.9 Å². The molecule has 0 N–H and O–H groups in total. The third-order valence-electron chi connectivity index (χ3n) is 5.57. The first-order chi connectivity index (χ1) is 14.2. The van der Waals surface area contributed by atoms with Crippen molar-refractivity contribution < 1.29 is 21.2 Å². The Balaban J connectivity index is 1.85. The van der Waals surface area contributed by atoms with E-state index >= 15 is 0 Å². The highest BCUT2D eigenvalue weighted by molar-refractivity contribution is 7.94. The lowest BCUT2D eigenvalue weighted by molar-refractivity contribution is 0.475. The summed E-state index contributed by atoms with van der Waals surface area (Å²) in [6.07, 6.45) is 2.03. The van der Waals surface area contributed by atoms with Crippen molar-refractivity contribution in [3.63, 3.8) is 0 Å². The van der Waals surface area contributed by atoms with Crippen LogP contribution in [0.5, 0.6) is 0 Å². The van der Waals surface area contributed by atoms with Gasteiger partial charge in [-0.15, -0.1) is 0 Å². The van der Waals surface area contributed by atoms with Crippen LogP contribution in [-0.2, 0) is 20.0 Å². The fourth-order valence-corrected chi connectivity index (χ4v) is 7.83. The third-order valence-corrected chi connectivity index (χ3v) is 9.53. The van der Waals surface area contributed by atoms with Crippen molar-refractivity contribution >= 4 is 31.4 Å². The number of fused-ring (bicyclic) bond motifs is 1. The summed E-state index contributed by atoms with van der Waals surface area (Å²) in [4.78, 5) is 1.34. The summed E-state index contributed by atoms with van der Waals surface area (Å²) in [5, 5.41) is 0. The molecule has 0 aromatic heterocycles. The summed E-state index contributed by atoms with van der Waals surface area (Å²) < 4.78 is 70.2. The van der Waals surface area contributed by atoms with E-state index in [1.807, 2.05) is 0 Å². The van der Waals surface area contributed by atoms with Crippen molar-refractivity contribution in [3.05, 3.63) is 48.3 Å². The molecule has 0 amide bonds. The molecule has 0 unspecified atom stereocenters. The van der Waals surface area contributed by atoms with Gasteiger partial charge in [-0.05, 0) is 49.6 Å². The van der Waals surface area contributed by atoms with E-state index in [1.54, 1.807) is 11.9 Å². The van der Waals surface area contributed by atoms with Crippen LogP contribution in [0, 0.1) is 5.82 Å². The quantitative estimate of drug-likeness (QED) is 0.711. The highest BCUT2D eigenvalue weighted by Gasteiger charge is 2.36. The van der Waals surface area contributed by atoms with E-state index in [4.69, 9.17) is 0 Å². The third kappa shape index (κ3) is 3.57. The molecule has 1 fully saturated rings. The number of halogens is 1. The van der Waals surface area contributed by atoms with Crippen molar-refractivity contribution in [1.29, 1.82) is 0 Å². The molecule has 2 aromatic rings. The van der Waals surface area contributed by atoms with Gasteiger partial charge in [-0.2, -0.15) is 4.31 Å². The number of rotatable bonds is 4. The van der Waals surface area contributed by atoms with Gasteiger partial charge in [0.05, 0.1) is 11.4 Å². The van der Waals surface area contributed by atoms with Crippen LogP contribution in [0.4, 0.5) is 15.8 Å². The van der Waals surface area contributed by atoms with Crippen LogP contribution in [-0.4, -0.2) is 54.4 Å². The van der Waals surface area contributed by atoms with Crippen molar-refractivity contribution in [1.82, 2.24) is 4.31 Å². The lowest BCUT2D eigenvalue weighted by Gasteiger charge is -2.27. The van der Waals surface area contributed by atoms with Gasteiger partial charge in [-0.3, -0.25) is 4.31 Å². The van der Waals surface area contributed by atoms with Crippen LogP contribution < -0.4 is 9.21 Å². The van der Waals surface area contributed by atoms with Gasteiger partial charge in [0.1, 0.15) is 15.6 Å². The Labute approximate surface area is 176 Å². The van der Waals surface area contributed by atoms with Crippen LogP contribution in [0.3, 0.4) is 0 Å². The SMILES string of the molecule is CN1CCCN(S(=O)(=O)c2ccccc2S(=O)(=O)N2CCCC2)c2ccc(F)cc21. The number of hydrogen-bond donors (Lipinski definition) is 0. The monoisotopic (exact) mass is 453 g/mol. The number of nitrogens with zero attached hydrogens (tertiary/aromatic N) is 3. The predicted octanol–water partition coefficient (Wildman–Crippen LogP) is 2.65. The molecular weight excluding hydrogens is 429 g/mol. The molecule has 0 spiro atoms. The molecule has 1 saturated heterocycles. The molecule has 2 heterocycles. The molecule has 0 radical (unpaired) electrons. The molecule has 30 heavy (non-hydrogen) atoms. The highest BCUT2D eigenvalue weighted by Crippen LogP contribution is 2.37. The predicted molar refractivity (Wildman–Crippen MR) is 113 cm³/mol. The fraction of sp³-hybridized carbons (Fsp3) is 0.400. The van der Waals surface area contributed by atoms with E-state index in [-0.39, 0.29) is 16.3 Å². The van der Waals surface area contributed by atoms with Crippen LogP contribution in [0.25, 0.3) is 0 Å². The molecule has 0 atom stereocenters. The number of benzene rings is 2. The van der Waals surface area contributed by atoms with Gasteiger partial charge in [0.2, 0.25) is 10.0 Å². The van der Waals surface area contributed by atoms with Crippen LogP contribution in [0.2, 0.25) is 0 Å². The Morgan fingerprint density at radius 2 is 1.40 bits per heavy atom. The molecule has 2 aliphatic heterocycles. The number of anilines is 2. The normalized spacial score (nSPS) is 18.3. The zero-order valence-electron chi connectivity index (χ0n) is 16.7. The molecule has 10 heteroatoms. The Hall–Kier alpha value is -2.17. The first kappa shape index (κ1) is 21.1. The summed E-state index contributed by atoms with van der Waals surface area (Å²) in [6, 6.07) is 9.67. The van der Waals surface area contributed by atoms with Crippen LogP contribution in [0.1, 0.15) is 19.3 Å². The van der Waals surface area contributed by atoms with Gasteiger partial charge in [0.25, 0.3) is 10.0 Å². The zero-order valence-corrected chi connectivity index (χ0v) is 18.3. The smallest absolute Gasteiger partial charge is 0.265 e. The molecule has 2 aliphatic rings. The average molecular weight is 454 g/mol. The minimum atomic E-state index is -4.20. The first-order valence-electron chi connectivity index (χ1n) is 9.85. The summed E-state index contributed by atoms with van der Waals surface area (Å²) >= 11 is 0.